The van der Waals surface area contributed by atoms with Crippen molar-refractivity contribution in [3.8, 4) is 0 Å². The van der Waals surface area contributed by atoms with E-state index in [1.807, 2.05) is 0 Å². The molecule has 15 heavy (non-hydrogen) atoms. The maximum absolute atomic E-state index is 2.51. The molecule has 2 fully saturated rings. The molecule has 2 aliphatic carbocycles. The predicted molar refractivity (Wildman–Crippen MR) is 63.9 cm³/mol. The molecule has 0 heterocycles. The van der Waals surface area contributed by atoms with E-state index in [1.165, 1.54) is 25.7 Å². The molecule has 80 valence electrons. The molecule has 0 saturated heterocycles. The number of hydrogen-bond acceptors (Lipinski definition) is 0. The van der Waals surface area contributed by atoms with E-state index >= 15 is 0 Å². The molecule has 1 aromatic rings. The van der Waals surface area contributed by atoms with Crippen molar-refractivity contribution in [1.82, 2.24) is 0 Å². The monoisotopic (exact) mass is 200 g/mol. The second-order valence-corrected chi connectivity index (χ2v) is 6.07. The van der Waals surface area contributed by atoms with Crippen LogP contribution in [0.2, 0.25) is 0 Å². The SMILES string of the molecule is CC12CCC(C1)CC2(C)c1ccccc1. The van der Waals surface area contributed by atoms with Gasteiger partial charge < -0.3 is 0 Å². The molecule has 0 heteroatoms. The minimum Gasteiger partial charge on any atom is -0.0622 e. The van der Waals surface area contributed by atoms with E-state index in [0.717, 1.165) is 5.92 Å². The van der Waals surface area contributed by atoms with Crippen molar-refractivity contribution in [2.24, 2.45) is 11.3 Å². The Hall–Kier alpha value is -0.780. The van der Waals surface area contributed by atoms with Gasteiger partial charge in [0.2, 0.25) is 0 Å². The lowest BCUT2D eigenvalue weighted by atomic mass is 9.61. The van der Waals surface area contributed by atoms with Crippen molar-refractivity contribution in [2.45, 2.75) is 44.9 Å². The van der Waals surface area contributed by atoms with E-state index in [2.05, 4.69) is 44.2 Å². The molecule has 0 aromatic heterocycles. The van der Waals surface area contributed by atoms with Gasteiger partial charge in [0.05, 0.1) is 0 Å². The lowest BCUT2D eigenvalue weighted by molar-refractivity contribution is 0.177. The Kier molecular flexibility index (Phi) is 1.81. The highest BCUT2D eigenvalue weighted by Crippen LogP contribution is 2.64. The second-order valence-electron chi connectivity index (χ2n) is 6.07. The number of benzene rings is 1. The van der Waals surface area contributed by atoms with Gasteiger partial charge in [-0.05, 0) is 48.0 Å². The minimum absolute atomic E-state index is 0.442. The minimum atomic E-state index is 0.442. The standard InChI is InChI=1S/C15H20/c1-14-9-8-12(10-14)11-15(14,2)13-6-4-3-5-7-13/h3-7,12H,8-11H2,1-2H3. The maximum Gasteiger partial charge on any atom is -0.00188 e. The molecule has 3 atom stereocenters. The quantitative estimate of drug-likeness (QED) is 0.638. The normalized spacial score (nSPS) is 43.5. The summed E-state index contributed by atoms with van der Waals surface area (Å²) in [4.78, 5) is 0. The summed E-state index contributed by atoms with van der Waals surface area (Å²) >= 11 is 0. The summed E-state index contributed by atoms with van der Waals surface area (Å²) in [6, 6.07) is 11.2. The van der Waals surface area contributed by atoms with Gasteiger partial charge in [0.25, 0.3) is 0 Å². The van der Waals surface area contributed by atoms with E-state index in [9.17, 15) is 0 Å². The number of fused-ring (bicyclic) bond motifs is 2. The molecule has 0 radical (unpaired) electrons. The highest BCUT2D eigenvalue weighted by Gasteiger charge is 2.56. The van der Waals surface area contributed by atoms with Crippen LogP contribution in [-0.4, -0.2) is 0 Å². The molecule has 1 aromatic carbocycles. The first kappa shape index (κ1) is 9.45. The molecule has 3 rings (SSSR count). The predicted octanol–water partition coefficient (Wildman–Crippen LogP) is 4.15. The average molecular weight is 200 g/mol. The zero-order valence-corrected chi connectivity index (χ0v) is 9.79. The first-order valence-electron chi connectivity index (χ1n) is 6.20. The highest BCUT2D eigenvalue weighted by molar-refractivity contribution is 5.31. The molecule has 2 bridgehead atoms. The van der Waals surface area contributed by atoms with Gasteiger partial charge in [0.1, 0.15) is 0 Å². The number of hydrogen-bond donors (Lipinski definition) is 0. The van der Waals surface area contributed by atoms with E-state index in [4.69, 9.17) is 0 Å². The van der Waals surface area contributed by atoms with Gasteiger partial charge in [0.15, 0.2) is 0 Å². The van der Waals surface area contributed by atoms with Crippen LogP contribution in [-0.2, 0) is 5.41 Å². The maximum atomic E-state index is 2.51. The van der Waals surface area contributed by atoms with Crippen LogP contribution in [0.25, 0.3) is 0 Å². The van der Waals surface area contributed by atoms with E-state index in [1.54, 1.807) is 5.56 Å². The summed E-state index contributed by atoms with van der Waals surface area (Å²) in [5.74, 6) is 1.00. The fourth-order valence-corrected chi connectivity index (χ4v) is 4.14. The van der Waals surface area contributed by atoms with Crippen molar-refractivity contribution < 1.29 is 0 Å². The summed E-state index contributed by atoms with van der Waals surface area (Å²) in [7, 11) is 0. The van der Waals surface area contributed by atoms with Gasteiger partial charge in [-0.15, -0.1) is 0 Å². The van der Waals surface area contributed by atoms with Gasteiger partial charge in [-0.3, -0.25) is 0 Å². The Balaban J connectivity index is 2.05. The van der Waals surface area contributed by atoms with Crippen LogP contribution in [0.1, 0.15) is 45.1 Å². The summed E-state index contributed by atoms with van der Waals surface area (Å²) in [6.07, 6.45) is 5.77. The third-order valence-electron chi connectivity index (χ3n) is 5.28. The summed E-state index contributed by atoms with van der Waals surface area (Å²) in [5.41, 5.74) is 2.57. The van der Waals surface area contributed by atoms with E-state index < -0.39 is 0 Å². The third-order valence-corrected chi connectivity index (χ3v) is 5.28. The Morgan fingerprint density at radius 1 is 1.07 bits per heavy atom. The fourth-order valence-electron chi connectivity index (χ4n) is 4.14. The van der Waals surface area contributed by atoms with Crippen molar-refractivity contribution in [3.05, 3.63) is 35.9 Å². The van der Waals surface area contributed by atoms with Crippen LogP contribution in [0.4, 0.5) is 0 Å². The molecule has 0 nitrogen and oxygen atoms in total. The molecule has 0 N–H and O–H groups in total. The molecule has 3 unspecified atom stereocenters. The number of rotatable bonds is 1. The van der Waals surface area contributed by atoms with Gasteiger partial charge in [-0.25, -0.2) is 0 Å². The van der Waals surface area contributed by atoms with Crippen LogP contribution >= 0.6 is 0 Å². The van der Waals surface area contributed by atoms with Crippen molar-refractivity contribution in [3.63, 3.8) is 0 Å². The van der Waals surface area contributed by atoms with Crippen LogP contribution in [0.15, 0.2) is 30.3 Å². The lowest BCUT2D eigenvalue weighted by Gasteiger charge is -2.43. The zero-order chi connectivity index (χ0) is 10.5. The first-order valence-corrected chi connectivity index (χ1v) is 6.20. The van der Waals surface area contributed by atoms with Crippen molar-refractivity contribution in [2.75, 3.05) is 0 Å². The molecule has 0 aliphatic heterocycles. The first-order chi connectivity index (χ1) is 7.14. The Bertz CT molecular complexity index is 367. The Morgan fingerprint density at radius 2 is 1.80 bits per heavy atom. The molecular formula is C15H20. The summed E-state index contributed by atoms with van der Waals surface area (Å²) < 4.78 is 0. The Labute approximate surface area is 92.7 Å². The smallest absolute Gasteiger partial charge is 0.00188 e. The highest BCUT2D eigenvalue weighted by atomic mass is 14.6. The molecule has 0 amide bonds. The lowest BCUT2D eigenvalue weighted by Crippen LogP contribution is -2.37. The molecule has 2 saturated carbocycles. The van der Waals surface area contributed by atoms with E-state index in [0.29, 0.717) is 10.8 Å². The van der Waals surface area contributed by atoms with Gasteiger partial charge in [-0.2, -0.15) is 0 Å². The van der Waals surface area contributed by atoms with Gasteiger partial charge in [-0.1, -0.05) is 44.2 Å². The van der Waals surface area contributed by atoms with E-state index in [-0.39, 0.29) is 0 Å². The van der Waals surface area contributed by atoms with Crippen LogP contribution < -0.4 is 0 Å². The third kappa shape index (κ3) is 1.14. The van der Waals surface area contributed by atoms with Crippen LogP contribution in [0, 0.1) is 11.3 Å². The fraction of sp³-hybridized carbons (Fsp3) is 0.600. The Morgan fingerprint density at radius 3 is 2.33 bits per heavy atom. The van der Waals surface area contributed by atoms with Crippen LogP contribution in [0.3, 0.4) is 0 Å². The van der Waals surface area contributed by atoms with Gasteiger partial charge in [0, 0.05) is 0 Å². The summed E-state index contributed by atoms with van der Waals surface area (Å²) in [6.45, 7) is 4.99. The van der Waals surface area contributed by atoms with Crippen molar-refractivity contribution >= 4 is 0 Å². The largest absolute Gasteiger partial charge is 0.0622 e. The zero-order valence-electron chi connectivity index (χ0n) is 9.79. The molecular weight excluding hydrogens is 180 g/mol. The van der Waals surface area contributed by atoms with Crippen LogP contribution in [0.5, 0.6) is 0 Å². The molecule has 2 aliphatic rings. The molecule has 0 spiro atoms. The van der Waals surface area contributed by atoms with Gasteiger partial charge >= 0.3 is 0 Å². The second kappa shape index (κ2) is 2.87. The average Bonchev–Trinajstić information content (AvgIpc) is 2.73. The summed E-state index contributed by atoms with van der Waals surface area (Å²) in [5, 5.41) is 0. The van der Waals surface area contributed by atoms with Crippen molar-refractivity contribution in [1.29, 1.82) is 0 Å². The topological polar surface area (TPSA) is 0 Å².